The summed E-state index contributed by atoms with van der Waals surface area (Å²) in [4.78, 5) is 4.20. The Kier molecular flexibility index (Phi) is 2.77. The van der Waals surface area contributed by atoms with E-state index in [1.54, 1.807) is 30.3 Å². The minimum absolute atomic E-state index is 0.373. The van der Waals surface area contributed by atoms with Crippen LogP contribution >= 0.6 is 0 Å². The van der Waals surface area contributed by atoms with Gasteiger partial charge in [0.2, 0.25) is 0 Å². The minimum Gasteiger partial charge on any atom is -0.384 e. The lowest BCUT2D eigenvalue weighted by Crippen LogP contribution is -1.94. The molecule has 0 amide bonds. The predicted octanol–water partition coefficient (Wildman–Crippen LogP) is 2.18. The molecular weight excluding hydrogens is 210 g/mol. The van der Waals surface area contributed by atoms with Crippen LogP contribution in [0.2, 0.25) is 0 Å². The van der Waals surface area contributed by atoms with Crippen LogP contribution in [-0.4, -0.2) is 4.98 Å². The van der Waals surface area contributed by atoms with E-state index in [-0.39, 0.29) is 0 Å². The summed E-state index contributed by atoms with van der Waals surface area (Å²) >= 11 is 0. The van der Waals surface area contributed by atoms with Crippen LogP contribution in [0.5, 0.6) is 0 Å². The van der Waals surface area contributed by atoms with E-state index >= 15 is 0 Å². The van der Waals surface area contributed by atoms with Crippen LogP contribution in [0.15, 0.2) is 36.4 Å². The summed E-state index contributed by atoms with van der Waals surface area (Å²) in [5.41, 5.74) is 8.43. The van der Waals surface area contributed by atoms with Crippen molar-refractivity contribution in [3.8, 4) is 29.7 Å². The Bertz CT molecular complexity index is 645. The number of rotatable bonds is 1. The van der Waals surface area contributed by atoms with Gasteiger partial charge in [-0.2, -0.15) is 5.26 Å². The molecule has 2 aromatic rings. The molecule has 1 aromatic heterocycles. The van der Waals surface area contributed by atoms with Crippen molar-refractivity contribution in [2.45, 2.75) is 0 Å². The molecule has 0 saturated carbocycles. The van der Waals surface area contributed by atoms with Crippen molar-refractivity contribution in [2.75, 3.05) is 5.73 Å². The maximum atomic E-state index is 8.84. The molecule has 2 N–H and O–H groups in total. The average Bonchev–Trinajstić information content (AvgIpc) is 2.38. The smallest absolute Gasteiger partial charge is 0.125 e. The van der Waals surface area contributed by atoms with Crippen LogP contribution in [0.25, 0.3) is 11.3 Å². The van der Waals surface area contributed by atoms with E-state index in [0.717, 1.165) is 5.56 Å². The Balaban J connectivity index is 2.57. The van der Waals surface area contributed by atoms with Crippen LogP contribution in [-0.2, 0) is 0 Å². The summed E-state index contributed by atoms with van der Waals surface area (Å²) in [6.45, 7) is 0. The lowest BCUT2D eigenvalue weighted by Gasteiger charge is -2.03. The van der Waals surface area contributed by atoms with Gasteiger partial charge in [-0.05, 0) is 24.3 Å². The SMILES string of the molecule is C#Cc1cc(N)nc(-c2cccc(C#N)c2)c1. The number of terminal acetylenes is 1. The van der Waals surface area contributed by atoms with Crippen LogP contribution < -0.4 is 5.73 Å². The molecule has 0 spiro atoms. The topological polar surface area (TPSA) is 62.7 Å². The number of pyridine rings is 1. The highest BCUT2D eigenvalue weighted by Gasteiger charge is 2.03. The standard InChI is InChI=1S/C14H9N3/c1-2-10-7-13(17-14(16)8-10)12-5-3-4-11(6-12)9-15/h1,3-8H,(H2,16,17). The van der Waals surface area contributed by atoms with Gasteiger partial charge < -0.3 is 5.73 Å². The van der Waals surface area contributed by atoms with E-state index in [9.17, 15) is 0 Å². The number of anilines is 1. The average molecular weight is 219 g/mol. The molecule has 1 heterocycles. The first-order valence-corrected chi connectivity index (χ1v) is 4.97. The van der Waals surface area contributed by atoms with Gasteiger partial charge in [-0.25, -0.2) is 4.98 Å². The molecule has 17 heavy (non-hydrogen) atoms. The highest BCUT2D eigenvalue weighted by molar-refractivity contribution is 5.65. The molecule has 2 rings (SSSR count). The van der Waals surface area contributed by atoms with Crippen molar-refractivity contribution in [1.82, 2.24) is 4.98 Å². The summed E-state index contributed by atoms with van der Waals surface area (Å²) in [6.07, 6.45) is 5.34. The van der Waals surface area contributed by atoms with E-state index in [0.29, 0.717) is 22.6 Å². The number of aromatic nitrogens is 1. The van der Waals surface area contributed by atoms with E-state index in [2.05, 4.69) is 17.0 Å². The van der Waals surface area contributed by atoms with Gasteiger partial charge in [0.25, 0.3) is 0 Å². The molecule has 0 radical (unpaired) electrons. The Labute approximate surface area is 99.5 Å². The van der Waals surface area contributed by atoms with E-state index in [1.807, 2.05) is 6.07 Å². The van der Waals surface area contributed by atoms with Crippen LogP contribution in [0.4, 0.5) is 5.82 Å². The lowest BCUT2D eigenvalue weighted by atomic mass is 10.1. The molecule has 0 fully saturated rings. The zero-order valence-corrected chi connectivity index (χ0v) is 9.01. The highest BCUT2D eigenvalue weighted by Crippen LogP contribution is 2.20. The molecular formula is C14H9N3. The largest absolute Gasteiger partial charge is 0.384 e. The van der Waals surface area contributed by atoms with Gasteiger partial charge in [-0.15, -0.1) is 6.42 Å². The molecule has 0 saturated heterocycles. The number of benzene rings is 1. The fraction of sp³-hybridized carbons (Fsp3) is 0. The first-order valence-electron chi connectivity index (χ1n) is 4.97. The van der Waals surface area contributed by atoms with Gasteiger partial charge in [0.05, 0.1) is 17.3 Å². The maximum Gasteiger partial charge on any atom is 0.125 e. The molecule has 1 aromatic carbocycles. The number of nitrogen functional groups attached to an aromatic ring is 1. The van der Waals surface area contributed by atoms with E-state index in [4.69, 9.17) is 17.4 Å². The molecule has 0 unspecified atom stereocenters. The number of hydrogen-bond donors (Lipinski definition) is 1. The molecule has 0 atom stereocenters. The quantitative estimate of drug-likeness (QED) is 0.748. The summed E-state index contributed by atoms with van der Waals surface area (Å²) in [5, 5.41) is 8.84. The van der Waals surface area contributed by atoms with Gasteiger partial charge >= 0.3 is 0 Å². The fourth-order valence-corrected chi connectivity index (χ4v) is 1.53. The summed E-state index contributed by atoms with van der Waals surface area (Å²) in [7, 11) is 0. The second-order valence-electron chi connectivity index (χ2n) is 3.50. The zero-order chi connectivity index (χ0) is 12.3. The van der Waals surface area contributed by atoms with Gasteiger partial charge in [0, 0.05) is 11.1 Å². The Morgan fingerprint density at radius 1 is 1.18 bits per heavy atom. The monoisotopic (exact) mass is 219 g/mol. The first-order chi connectivity index (χ1) is 8.22. The van der Waals surface area contributed by atoms with Crippen molar-refractivity contribution in [3.05, 3.63) is 47.5 Å². The molecule has 80 valence electrons. The normalized spacial score (nSPS) is 9.29. The van der Waals surface area contributed by atoms with Gasteiger partial charge in [0.1, 0.15) is 5.82 Å². The van der Waals surface area contributed by atoms with Gasteiger partial charge in [-0.1, -0.05) is 18.1 Å². The second kappa shape index (κ2) is 4.38. The number of nitrogens with zero attached hydrogens (tertiary/aromatic N) is 2. The fourth-order valence-electron chi connectivity index (χ4n) is 1.53. The summed E-state index contributed by atoms with van der Waals surface area (Å²) < 4.78 is 0. The van der Waals surface area contributed by atoms with Crippen molar-refractivity contribution >= 4 is 5.82 Å². The van der Waals surface area contributed by atoms with Crippen LogP contribution in [0.3, 0.4) is 0 Å². The number of hydrogen-bond acceptors (Lipinski definition) is 3. The molecule has 0 aliphatic carbocycles. The van der Waals surface area contributed by atoms with Crippen molar-refractivity contribution in [2.24, 2.45) is 0 Å². The summed E-state index contributed by atoms with van der Waals surface area (Å²) in [5.74, 6) is 2.89. The number of nitriles is 1. The van der Waals surface area contributed by atoms with Crippen molar-refractivity contribution in [3.63, 3.8) is 0 Å². The van der Waals surface area contributed by atoms with Gasteiger partial charge in [-0.3, -0.25) is 0 Å². The van der Waals surface area contributed by atoms with Crippen LogP contribution in [0.1, 0.15) is 11.1 Å². The van der Waals surface area contributed by atoms with Crippen LogP contribution in [0, 0.1) is 23.7 Å². The highest BCUT2D eigenvalue weighted by atomic mass is 14.8. The van der Waals surface area contributed by atoms with Crippen molar-refractivity contribution < 1.29 is 0 Å². The zero-order valence-electron chi connectivity index (χ0n) is 9.01. The minimum atomic E-state index is 0.373. The lowest BCUT2D eigenvalue weighted by molar-refractivity contribution is 1.32. The first kappa shape index (κ1) is 10.7. The molecule has 3 nitrogen and oxygen atoms in total. The van der Waals surface area contributed by atoms with Crippen molar-refractivity contribution in [1.29, 1.82) is 5.26 Å². The third-order valence-electron chi connectivity index (χ3n) is 2.30. The third-order valence-corrected chi connectivity index (χ3v) is 2.30. The van der Waals surface area contributed by atoms with E-state index < -0.39 is 0 Å². The summed E-state index contributed by atoms with van der Waals surface area (Å²) in [6, 6.07) is 12.6. The molecule has 0 aliphatic rings. The molecule has 3 heteroatoms. The predicted molar refractivity (Wildman–Crippen MR) is 66.7 cm³/mol. The molecule has 0 bridgehead atoms. The molecule has 0 aliphatic heterocycles. The van der Waals surface area contributed by atoms with E-state index in [1.165, 1.54) is 0 Å². The Hall–Kier alpha value is -2.78. The maximum absolute atomic E-state index is 8.84. The third kappa shape index (κ3) is 2.25. The van der Waals surface area contributed by atoms with Gasteiger partial charge in [0.15, 0.2) is 0 Å². The Morgan fingerprint density at radius 3 is 2.71 bits per heavy atom. The number of nitrogens with two attached hydrogens (primary N) is 1. The Morgan fingerprint density at radius 2 is 2.00 bits per heavy atom. The second-order valence-corrected chi connectivity index (χ2v) is 3.50.